The van der Waals surface area contributed by atoms with Crippen molar-refractivity contribution in [2.45, 2.75) is 33.5 Å². The van der Waals surface area contributed by atoms with E-state index in [1.54, 1.807) is 7.11 Å². The van der Waals surface area contributed by atoms with Gasteiger partial charge in [-0.3, -0.25) is 4.84 Å². The third-order valence-corrected chi connectivity index (χ3v) is 2.61. The van der Waals surface area contributed by atoms with E-state index in [0.717, 1.165) is 11.3 Å². The van der Waals surface area contributed by atoms with Crippen LogP contribution in [0.2, 0.25) is 0 Å². The van der Waals surface area contributed by atoms with E-state index in [1.165, 1.54) is 0 Å². The molecule has 0 heterocycles. The van der Waals surface area contributed by atoms with Crippen LogP contribution in [0.3, 0.4) is 0 Å². The zero-order valence-corrected chi connectivity index (χ0v) is 11.7. The van der Waals surface area contributed by atoms with E-state index in [4.69, 9.17) is 14.3 Å². The Morgan fingerprint density at radius 3 is 2.28 bits per heavy atom. The molecular formula is C14H23NO3. The van der Waals surface area contributed by atoms with Crippen molar-refractivity contribution in [2.24, 2.45) is 0 Å². The van der Waals surface area contributed by atoms with Crippen LogP contribution < -0.4 is 4.74 Å². The molecule has 4 nitrogen and oxygen atoms in total. The van der Waals surface area contributed by atoms with E-state index >= 15 is 0 Å². The molecule has 0 fully saturated rings. The average Bonchev–Trinajstić information content (AvgIpc) is 2.39. The van der Waals surface area contributed by atoms with Crippen LogP contribution in [0.4, 0.5) is 0 Å². The van der Waals surface area contributed by atoms with Gasteiger partial charge in [-0.05, 0) is 38.5 Å². The van der Waals surface area contributed by atoms with Crippen LogP contribution in [0.5, 0.6) is 5.75 Å². The molecule has 0 radical (unpaired) electrons. The van der Waals surface area contributed by atoms with Gasteiger partial charge in [0, 0.05) is 6.61 Å². The largest absolute Gasteiger partial charge is 0.497 e. The van der Waals surface area contributed by atoms with E-state index in [9.17, 15) is 0 Å². The Labute approximate surface area is 109 Å². The Balaban J connectivity index is 2.63. The summed E-state index contributed by atoms with van der Waals surface area (Å²) in [5.41, 5.74) is 1.16. The summed E-state index contributed by atoms with van der Waals surface area (Å²) in [7, 11) is 1.67. The Morgan fingerprint density at radius 1 is 1.11 bits per heavy atom. The molecule has 0 amide bonds. The molecular weight excluding hydrogens is 230 g/mol. The topological polar surface area (TPSA) is 30.9 Å². The summed E-state index contributed by atoms with van der Waals surface area (Å²) < 4.78 is 10.7. The highest BCUT2D eigenvalue weighted by atomic mass is 16.7. The first kappa shape index (κ1) is 15.0. The van der Waals surface area contributed by atoms with Gasteiger partial charge >= 0.3 is 0 Å². The fourth-order valence-electron chi connectivity index (χ4n) is 1.68. The molecule has 0 bridgehead atoms. The molecule has 1 unspecified atom stereocenters. The Hall–Kier alpha value is -1.10. The summed E-state index contributed by atoms with van der Waals surface area (Å²) in [6.07, 6.45) is -0.0583. The molecule has 102 valence electrons. The summed E-state index contributed by atoms with van der Waals surface area (Å²) in [5, 5.41) is 1.85. The van der Waals surface area contributed by atoms with Crippen molar-refractivity contribution in [1.82, 2.24) is 5.06 Å². The monoisotopic (exact) mass is 253 g/mol. The number of benzene rings is 1. The minimum Gasteiger partial charge on any atom is -0.497 e. The molecule has 0 saturated heterocycles. The van der Waals surface area contributed by atoms with Crippen molar-refractivity contribution in [3.8, 4) is 5.75 Å². The van der Waals surface area contributed by atoms with Crippen molar-refractivity contribution < 1.29 is 14.3 Å². The van der Waals surface area contributed by atoms with Crippen LogP contribution in [0, 0.1) is 0 Å². The highest BCUT2D eigenvalue weighted by Gasteiger charge is 2.14. The molecule has 1 aromatic rings. The predicted octanol–water partition coefficient (Wildman–Crippen LogP) is 2.83. The van der Waals surface area contributed by atoms with Gasteiger partial charge in [0.15, 0.2) is 0 Å². The lowest BCUT2D eigenvalue weighted by Crippen LogP contribution is -2.34. The lowest BCUT2D eigenvalue weighted by Gasteiger charge is -2.27. The molecule has 0 N–H and O–H groups in total. The van der Waals surface area contributed by atoms with Gasteiger partial charge in [-0.25, -0.2) is 0 Å². The number of nitrogens with zero attached hydrogens (tertiary/aromatic N) is 1. The number of hydrogen-bond acceptors (Lipinski definition) is 4. The molecule has 0 aliphatic heterocycles. The highest BCUT2D eigenvalue weighted by Crippen LogP contribution is 2.15. The maximum Gasteiger partial charge on any atom is 0.130 e. The Morgan fingerprint density at radius 2 is 1.78 bits per heavy atom. The lowest BCUT2D eigenvalue weighted by atomic mass is 10.2. The fraction of sp³-hybridized carbons (Fsp3) is 0.571. The van der Waals surface area contributed by atoms with Gasteiger partial charge in [0.25, 0.3) is 0 Å². The third kappa shape index (κ3) is 4.64. The predicted molar refractivity (Wildman–Crippen MR) is 71.3 cm³/mol. The third-order valence-electron chi connectivity index (χ3n) is 2.61. The van der Waals surface area contributed by atoms with E-state index in [-0.39, 0.29) is 6.23 Å². The van der Waals surface area contributed by atoms with Crippen LogP contribution in [0.25, 0.3) is 0 Å². The molecule has 0 spiro atoms. The first-order valence-corrected chi connectivity index (χ1v) is 6.35. The standard InChI is InChI=1S/C14H23NO3/c1-5-17-12(3)15(18-6-2)11-13-7-9-14(16-4)10-8-13/h7-10,12H,5-6,11H2,1-4H3. The lowest BCUT2D eigenvalue weighted by molar-refractivity contribution is -0.250. The summed E-state index contributed by atoms with van der Waals surface area (Å²) in [6, 6.07) is 7.96. The van der Waals surface area contributed by atoms with Crippen LogP contribution >= 0.6 is 0 Å². The summed E-state index contributed by atoms with van der Waals surface area (Å²) in [4.78, 5) is 5.59. The number of methoxy groups -OCH3 is 1. The maximum atomic E-state index is 5.59. The van der Waals surface area contributed by atoms with Gasteiger partial charge in [-0.15, -0.1) is 0 Å². The van der Waals surface area contributed by atoms with E-state index in [0.29, 0.717) is 19.8 Å². The second-order valence-corrected chi connectivity index (χ2v) is 3.90. The molecule has 0 aliphatic rings. The molecule has 0 saturated carbocycles. The van der Waals surface area contributed by atoms with E-state index in [2.05, 4.69) is 0 Å². The van der Waals surface area contributed by atoms with Crippen LogP contribution in [-0.4, -0.2) is 31.6 Å². The highest BCUT2D eigenvalue weighted by molar-refractivity contribution is 5.26. The number of hydrogen-bond donors (Lipinski definition) is 0. The summed E-state index contributed by atoms with van der Waals surface area (Å²) >= 11 is 0. The first-order chi connectivity index (χ1) is 8.71. The smallest absolute Gasteiger partial charge is 0.130 e. The zero-order chi connectivity index (χ0) is 13.4. The molecule has 18 heavy (non-hydrogen) atoms. The number of ether oxygens (including phenoxy) is 2. The van der Waals surface area contributed by atoms with Crippen LogP contribution in [0.1, 0.15) is 26.3 Å². The van der Waals surface area contributed by atoms with E-state index < -0.39 is 0 Å². The van der Waals surface area contributed by atoms with Gasteiger partial charge in [0.05, 0.1) is 20.3 Å². The van der Waals surface area contributed by atoms with Crippen molar-refractivity contribution >= 4 is 0 Å². The quantitative estimate of drug-likeness (QED) is 0.526. The maximum absolute atomic E-state index is 5.59. The van der Waals surface area contributed by atoms with Gasteiger partial charge < -0.3 is 9.47 Å². The molecule has 1 rings (SSSR count). The van der Waals surface area contributed by atoms with Gasteiger partial charge in [-0.1, -0.05) is 12.1 Å². The molecule has 4 heteroatoms. The normalized spacial score (nSPS) is 12.7. The van der Waals surface area contributed by atoms with Crippen molar-refractivity contribution in [1.29, 1.82) is 0 Å². The first-order valence-electron chi connectivity index (χ1n) is 6.35. The Kier molecular flexibility index (Phi) is 6.72. The zero-order valence-electron chi connectivity index (χ0n) is 11.7. The number of rotatable bonds is 8. The van der Waals surface area contributed by atoms with Gasteiger partial charge in [0.2, 0.25) is 0 Å². The van der Waals surface area contributed by atoms with Crippen LogP contribution in [-0.2, 0) is 16.1 Å². The second-order valence-electron chi connectivity index (χ2n) is 3.90. The molecule has 1 atom stereocenters. The summed E-state index contributed by atoms with van der Waals surface area (Å²) in [5.74, 6) is 0.861. The van der Waals surface area contributed by atoms with E-state index in [1.807, 2.05) is 50.1 Å². The van der Waals surface area contributed by atoms with Crippen molar-refractivity contribution in [3.05, 3.63) is 29.8 Å². The van der Waals surface area contributed by atoms with Crippen LogP contribution in [0.15, 0.2) is 24.3 Å². The Bertz CT molecular complexity index is 326. The summed E-state index contributed by atoms with van der Waals surface area (Å²) in [6.45, 7) is 7.94. The van der Waals surface area contributed by atoms with Gasteiger partial charge in [-0.2, -0.15) is 5.06 Å². The number of hydroxylamine groups is 2. The second kappa shape index (κ2) is 8.08. The fourth-order valence-corrected chi connectivity index (χ4v) is 1.68. The molecule has 1 aromatic carbocycles. The molecule has 0 aliphatic carbocycles. The molecule has 0 aromatic heterocycles. The minimum atomic E-state index is -0.0583. The average molecular weight is 253 g/mol. The van der Waals surface area contributed by atoms with Gasteiger partial charge in [0.1, 0.15) is 12.0 Å². The minimum absolute atomic E-state index is 0.0583. The SMILES string of the molecule is CCOC(C)N(Cc1ccc(OC)cc1)OCC. The van der Waals surface area contributed by atoms with Crippen molar-refractivity contribution in [3.63, 3.8) is 0 Å². The van der Waals surface area contributed by atoms with Crippen molar-refractivity contribution in [2.75, 3.05) is 20.3 Å².